The van der Waals surface area contributed by atoms with Crippen LogP contribution >= 0.6 is 11.6 Å². The van der Waals surface area contributed by atoms with Crippen LogP contribution in [0.5, 0.6) is 0 Å². The molecule has 0 spiro atoms. The van der Waals surface area contributed by atoms with Crippen molar-refractivity contribution >= 4 is 34.2 Å². The minimum atomic E-state index is -0.527. The quantitative estimate of drug-likeness (QED) is 0.543. The van der Waals surface area contributed by atoms with E-state index in [0.717, 1.165) is 10.9 Å². The highest BCUT2D eigenvalue weighted by Crippen LogP contribution is 2.25. The Labute approximate surface area is 160 Å². The molecule has 3 aromatic carbocycles. The molecule has 0 saturated carbocycles. The van der Waals surface area contributed by atoms with Crippen LogP contribution in [0.15, 0.2) is 88.3 Å². The monoisotopic (exact) mass is 374 g/mol. The van der Waals surface area contributed by atoms with Crippen LogP contribution in [0.3, 0.4) is 0 Å². The van der Waals surface area contributed by atoms with Gasteiger partial charge in [-0.1, -0.05) is 54.1 Å². The molecule has 4 aromatic rings. The summed E-state index contributed by atoms with van der Waals surface area (Å²) in [7, 11) is 0. The molecule has 132 valence electrons. The molecule has 1 amide bonds. The van der Waals surface area contributed by atoms with Crippen molar-refractivity contribution in [2.45, 2.75) is 0 Å². The molecule has 0 radical (unpaired) electrons. The summed E-state index contributed by atoms with van der Waals surface area (Å²) in [5, 5.41) is 1.97. The molecular weight excluding hydrogens is 360 g/mol. The van der Waals surface area contributed by atoms with Crippen LogP contribution in [0, 0.1) is 0 Å². The van der Waals surface area contributed by atoms with Gasteiger partial charge in [0.05, 0.1) is 16.6 Å². The van der Waals surface area contributed by atoms with Crippen molar-refractivity contribution < 1.29 is 9.21 Å². The molecule has 1 aromatic heterocycles. The summed E-state index contributed by atoms with van der Waals surface area (Å²) in [6, 6.07) is 23.9. The Morgan fingerprint density at radius 1 is 0.926 bits per heavy atom. The van der Waals surface area contributed by atoms with Gasteiger partial charge in [-0.3, -0.25) is 4.79 Å². The topological polar surface area (TPSA) is 68.6 Å². The zero-order valence-electron chi connectivity index (χ0n) is 14.2. The SMILES string of the molecule is NC(=O)c1ccccc1N=c1cc(-c2ccccc2)oc2ccc(Cl)cc12. The van der Waals surface area contributed by atoms with Gasteiger partial charge in [0.25, 0.3) is 5.91 Å². The Balaban J connectivity index is 2.04. The Bertz CT molecular complexity index is 1210. The van der Waals surface area contributed by atoms with Crippen molar-refractivity contribution in [3.05, 3.63) is 94.8 Å². The number of benzene rings is 3. The maximum atomic E-state index is 11.7. The van der Waals surface area contributed by atoms with E-state index in [2.05, 4.69) is 0 Å². The summed E-state index contributed by atoms with van der Waals surface area (Å²) in [5.41, 5.74) is 7.91. The average Bonchev–Trinajstić information content (AvgIpc) is 2.69. The maximum Gasteiger partial charge on any atom is 0.250 e. The fraction of sp³-hybridized carbons (Fsp3) is 0. The lowest BCUT2D eigenvalue weighted by Gasteiger charge is -2.06. The summed E-state index contributed by atoms with van der Waals surface area (Å²) < 4.78 is 6.05. The van der Waals surface area contributed by atoms with Crippen molar-refractivity contribution in [3.8, 4) is 11.3 Å². The third-order valence-corrected chi connectivity index (χ3v) is 4.41. The first-order valence-electron chi connectivity index (χ1n) is 8.34. The average molecular weight is 375 g/mol. The summed E-state index contributed by atoms with van der Waals surface area (Å²) in [6.07, 6.45) is 0. The first-order chi connectivity index (χ1) is 13.1. The van der Waals surface area contributed by atoms with Gasteiger partial charge >= 0.3 is 0 Å². The van der Waals surface area contributed by atoms with Crippen LogP contribution in [-0.2, 0) is 0 Å². The molecule has 0 aliphatic carbocycles. The third kappa shape index (κ3) is 3.48. The lowest BCUT2D eigenvalue weighted by atomic mass is 10.1. The van der Waals surface area contributed by atoms with Crippen LogP contribution in [0.1, 0.15) is 10.4 Å². The number of para-hydroxylation sites is 1. The number of primary amides is 1. The molecule has 0 fully saturated rings. The zero-order chi connectivity index (χ0) is 18.8. The Morgan fingerprint density at radius 3 is 2.44 bits per heavy atom. The van der Waals surface area contributed by atoms with Crippen molar-refractivity contribution in [1.82, 2.24) is 0 Å². The van der Waals surface area contributed by atoms with Crippen LogP contribution in [0.2, 0.25) is 5.02 Å². The van der Waals surface area contributed by atoms with Gasteiger partial charge in [0, 0.05) is 22.0 Å². The van der Waals surface area contributed by atoms with Gasteiger partial charge in [-0.05, 0) is 30.3 Å². The van der Waals surface area contributed by atoms with E-state index in [9.17, 15) is 4.79 Å². The van der Waals surface area contributed by atoms with Gasteiger partial charge in [-0.15, -0.1) is 0 Å². The van der Waals surface area contributed by atoms with Gasteiger partial charge < -0.3 is 10.2 Å². The van der Waals surface area contributed by atoms with Crippen molar-refractivity contribution in [2.75, 3.05) is 0 Å². The van der Waals surface area contributed by atoms with Crippen LogP contribution in [-0.4, -0.2) is 5.91 Å². The van der Waals surface area contributed by atoms with E-state index in [1.165, 1.54) is 0 Å². The minimum Gasteiger partial charge on any atom is -0.456 e. The van der Waals surface area contributed by atoms with E-state index >= 15 is 0 Å². The number of nitrogens with two attached hydrogens (primary N) is 1. The number of hydrogen-bond acceptors (Lipinski definition) is 3. The van der Waals surface area contributed by atoms with Gasteiger partial charge in [0.1, 0.15) is 11.3 Å². The van der Waals surface area contributed by atoms with Crippen molar-refractivity contribution in [3.63, 3.8) is 0 Å². The molecule has 27 heavy (non-hydrogen) atoms. The van der Waals surface area contributed by atoms with Crippen molar-refractivity contribution in [2.24, 2.45) is 10.7 Å². The number of halogens is 1. The van der Waals surface area contributed by atoms with E-state index in [0.29, 0.717) is 33.0 Å². The summed E-state index contributed by atoms with van der Waals surface area (Å²) >= 11 is 6.17. The molecule has 2 N–H and O–H groups in total. The zero-order valence-corrected chi connectivity index (χ0v) is 15.0. The number of nitrogens with zero attached hydrogens (tertiary/aromatic N) is 1. The second-order valence-electron chi connectivity index (χ2n) is 6.00. The molecule has 0 atom stereocenters. The molecular formula is C22H15ClN2O2. The van der Waals surface area contributed by atoms with E-state index in [4.69, 9.17) is 26.7 Å². The number of fused-ring (bicyclic) bond motifs is 1. The van der Waals surface area contributed by atoms with Gasteiger partial charge in [-0.25, -0.2) is 4.99 Å². The van der Waals surface area contributed by atoms with Crippen LogP contribution in [0.4, 0.5) is 5.69 Å². The highest BCUT2D eigenvalue weighted by molar-refractivity contribution is 6.31. The number of amides is 1. The number of rotatable bonds is 3. The highest BCUT2D eigenvalue weighted by Gasteiger charge is 2.09. The largest absolute Gasteiger partial charge is 0.456 e. The maximum absolute atomic E-state index is 11.7. The molecule has 5 heteroatoms. The van der Waals surface area contributed by atoms with Crippen LogP contribution < -0.4 is 11.1 Å². The van der Waals surface area contributed by atoms with E-state index in [1.54, 1.807) is 30.3 Å². The van der Waals surface area contributed by atoms with Crippen LogP contribution in [0.25, 0.3) is 22.3 Å². The molecule has 0 saturated heterocycles. The minimum absolute atomic E-state index is 0.356. The molecule has 4 rings (SSSR count). The fourth-order valence-electron chi connectivity index (χ4n) is 2.89. The predicted molar refractivity (Wildman–Crippen MR) is 107 cm³/mol. The number of carbonyl (C=O) groups excluding carboxylic acids is 1. The molecule has 4 nitrogen and oxygen atoms in total. The normalized spacial score (nSPS) is 11.7. The van der Waals surface area contributed by atoms with E-state index in [1.807, 2.05) is 48.5 Å². The number of hydrogen-bond donors (Lipinski definition) is 1. The first-order valence-corrected chi connectivity index (χ1v) is 8.72. The summed E-state index contributed by atoms with van der Waals surface area (Å²) in [6.45, 7) is 0. The second kappa shape index (κ2) is 7.09. The first kappa shape index (κ1) is 17.1. The molecule has 0 aliphatic rings. The predicted octanol–water partition coefficient (Wildman–Crippen LogP) is 5.08. The van der Waals surface area contributed by atoms with E-state index < -0.39 is 5.91 Å². The standard InChI is InChI=1S/C22H15ClN2O2/c23-15-10-11-20-17(12-15)19(13-21(27-20)14-6-2-1-3-7-14)25-18-9-5-4-8-16(18)22(24)26/h1-13H,(H2,24,26). The Hall–Kier alpha value is -3.37. The number of carbonyl (C=O) groups is 1. The van der Waals surface area contributed by atoms with Crippen molar-refractivity contribution in [1.29, 1.82) is 0 Å². The van der Waals surface area contributed by atoms with Gasteiger partial charge in [0.2, 0.25) is 0 Å². The Morgan fingerprint density at radius 2 is 1.67 bits per heavy atom. The van der Waals surface area contributed by atoms with E-state index in [-0.39, 0.29) is 0 Å². The van der Waals surface area contributed by atoms with Gasteiger partial charge in [0.15, 0.2) is 0 Å². The Kier molecular flexibility index (Phi) is 4.48. The highest BCUT2D eigenvalue weighted by atomic mass is 35.5. The summed E-state index contributed by atoms with van der Waals surface area (Å²) in [5.74, 6) is 0.140. The van der Waals surface area contributed by atoms with Gasteiger partial charge in [-0.2, -0.15) is 0 Å². The molecule has 0 bridgehead atoms. The smallest absolute Gasteiger partial charge is 0.250 e. The second-order valence-corrected chi connectivity index (χ2v) is 6.43. The molecule has 0 aliphatic heterocycles. The molecule has 1 heterocycles. The summed E-state index contributed by atoms with van der Waals surface area (Å²) in [4.78, 5) is 16.4. The lowest BCUT2D eigenvalue weighted by molar-refractivity contribution is 0.100. The third-order valence-electron chi connectivity index (χ3n) is 4.17. The lowest BCUT2D eigenvalue weighted by Crippen LogP contribution is -2.12. The molecule has 0 unspecified atom stereocenters. The fourth-order valence-corrected chi connectivity index (χ4v) is 3.06.